The van der Waals surface area contributed by atoms with E-state index in [-0.39, 0.29) is 13.0 Å². The van der Waals surface area contributed by atoms with Gasteiger partial charge in [0.2, 0.25) is 5.91 Å². The fourth-order valence-electron chi connectivity index (χ4n) is 2.59. The molecule has 1 aromatic rings. The molecule has 1 fully saturated rings. The van der Waals surface area contributed by atoms with E-state index < -0.39 is 41.7 Å². The number of hydrogen-bond donors (Lipinski definition) is 2. The van der Waals surface area contributed by atoms with Crippen LogP contribution in [0, 0.1) is 5.82 Å². The molecule has 2 rings (SSSR count). The highest BCUT2D eigenvalue weighted by molar-refractivity contribution is 6.09. The molecule has 25 heavy (non-hydrogen) atoms. The molecule has 0 radical (unpaired) electrons. The summed E-state index contributed by atoms with van der Waals surface area (Å²) in [5, 5.41) is 4.83. The van der Waals surface area contributed by atoms with Crippen molar-refractivity contribution in [2.75, 3.05) is 20.2 Å². The molecule has 1 atom stereocenters. The molecule has 0 aliphatic carbocycles. The van der Waals surface area contributed by atoms with E-state index in [0.717, 1.165) is 4.90 Å². The van der Waals surface area contributed by atoms with Gasteiger partial charge < -0.3 is 15.4 Å². The summed E-state index contributed by atoms with van der Waals surface area (Å²) in [6.45, 7) is 0.794. The third-order valence-corrected chi connectivity index (χ3v) is 4.00. The first-order valence-electron chi connectivity index (χ1n) is 7.57. The normalized spacial score (nSPS) is 19.6. The minimum atomic E-state index is -1.35. The average Bonchev–Trinajstić information content (AvgIpc) is 2.85. The lowest BCUT2D eigenvalue weighted by Gasteiger charge is -2.25. The molecule has 0 saturated carbocycles. The minimum Gasteiger partial charge on any atom is -0.468 e. The van der Waals surface area contributed by atoms with Gasteiger partial charge >= 0.3 is 12.0 Å². The maximum absolute atomic E-state index is 13.1. The molecule has 1 unspecified atom stereocenters. The number of nitrogens with zero attached hydrogens (tertiary/aromatic N) is 1. The Kier molecular flexibility index (Phi) is 5.35. The molecular weight excluding hydrogens is 333 g/mol. The van der Waals surface area contributed by atoms with Crippen molar-refractivity contribution in [1.29, 1.82) is 0 Å². The van der Waals surface area contributed by atoms with Gasteiger partial charge in [-0.05, 0) is 24.1 Å². The first-order chi connectivity index (χ1) is 11.8. The molecule has 1 heterocycles. The van der Waals surface area contributed by atoms with Crippen LogP contribution < -0.4 is 10.6 Å². The van der Waals surface area contributed by atoms with Gasteiger partial charge in [-0.15, -0.1) is 0 Å². The number of halogens is 1. The quantitative estimate of drug-likeness (QED) is 0.565. The third kappa shape index (κ3) is 3.59. The number of nitrogens with one attached hydrogen (secondary N) is 2. The molecule has 8 nitrogen and oxygen atoms in total. The van der Waals surface area contributed by atoms with Crippen molar-refractivity contribution >= 4 is 23.8 Å². The summed E-state index contributed by atoms with van der Waals surface area (Å²) in [5.74, 6) is -2.41. The van der Waals surface area contributed by atoms with Crippen molar-refractivity contribution in [2.24, 2.45) is 0 Å². The Labute approximate surface area is 143 Å². The fraction of sp³-hybridized carbons (Fsp3) is 0.375. The molecule has 134 valence electrons. The Morgan fingerprint density at radius 3 is 2.48 bits per heavy atom. The van der Waals surface area contributed by atoms with Crippen molar-refractivity contribution in [1.82, 2.24) is 15.5 Å². The van der Waals surface area contributed by atoms with Gasteiger partial charge in [0.05, 0.1) is 7.11 Å². The van der Waals surface area contributed by atoms with Gasteiger partial charge in [0, 0.05) is 0 Å². The maximum Gasteiger partial charge on any atom is 0.325 e. The van der Waals surface area contributed by atoms with Crippen molar-refractivity contribution < 1.29 is 28.3 Å². The second-order valence-electron chi connectivity index (χ2n) is 5.44. The zero-order valence-electron chi connectivity index (χ0n) is 13.8. The van der Waals surface area contributed by atoms with E-state index in [2.05, 4.69) is 15.4 Å². The van der Waals surface area contributed by atoms with Crippen LogP contribution in [-0.4, -0.2) is 48.9 Å². The number of carbonyl (C=O) groups is 4. The van der Waals surface area contributed by atoms with Gasteiger partial charge in [-0.3, -0.25) is 19.3 Å². The predicted molar refractivity (Wildman–Crippen MR) is 83.6 cm³/mol. The maximum atomic E-state index is 13.1. The Bertz CT molecular complexity index is 706. The SMILES string of the molecule is CCC1(c2ccc(F)cc2)NC(=O)N(CC(=O)NCC(=O)OC)C1=O. The number of esters is 1. The van der Waals surface area contributed by atoms with Crippen LogP contribution in [0.4, 0.5) is 9.18 Å². The van der Waals surface area contributed by atoms with Crippen LogP contribution in [0.3, 0.4) is 0 Å². The molecule has 0 spiro atoms. The number of rotatable bonds is 6. The van der Waals surface area contributed by atoms with Gasteiger partial charge in [-0.1, -0.05) is 19.1 Å². The number of ether oxygens (including phenoxy) is 1. The van der Waals surface area contributed by atoms with Crippen molar-refractivity contribution in [3.63, 3.8) is 0 Å². The lowest BCUT2D eigenvalue weighted by Crippen LogP contribution is -2.45. The van der Waals surface area contributed by atoms with Gasteiger partial charge in [0.1, 0.15) is 24.4 Å². The van der Waals surface area contributed by atoms with E-state index in [1.54, 1.807) is 6.92 Å². The van der Waals surface area contributed by atoms with Crippen LogP contribution in [-0.2, 0) is 24.7 Å². The van der Waals surface area contributed by atoms with E-state index in [0.29, 0.717) is 5.56 Å². The highest BCUT2D eigenvalue weighted by atomic mass is 19.1. The number of carbonyl (C=O) groups excluding carboxylic acids is 4. The van der Waals surface area contributed by atoms with Gasteiger partial charge in [0.15, 0.2) is 0 Å². The highest BCUT2D eigenvalue weighted by Crippen LogP contribution is 2.32. The monoisotopic (exact) mass is 351 g/mol. The number of benzene rings is 1. The zero-order valence-corrected chi connectivity index (χ0v) is 13.8. The molecule has 4 amide bonds. The van der Waals surface area contributed by atoms with Crippen LogP contribution >= 0.6 is 0 Å². The van der Waals surface area contributed by atoms with Crippen LogP contribution in [0.5, 0.6) is 0 Å². The van der Waals surface area contributed by atoms with E-state index in [9.17, 15) is 23.6 Å². The standard InChI is InChI=1S/C16H18FN3O5/c1-3-16(10-4-6-11(17)7-5-10)14(23)20(15(24)19-16)9-12(21)18-8-13(22)25-2/h4-7H,3,8-9H2,1-2H3,(H,18,21)(H,19,24). The lowest BCUT2D eigenvalue weighted by atomic mass is 9.87. The van der Waals surface area contributed by atoms with Crippen LogP contribution in [0.15, 0.2) is 24.3 Å². The third-order valence-electron chi connectivity index (χ3n) is 4.00. The van der Waals surface area contributed by atoms with Crippen LogP contribution in [0.2, 0.25) is 0 Å². The summed E-state index contributed by atoms with van der Waals surface area (Å²) in [4.78, 5) is 48.6. The summed E-state index contributed by atoms with van der Waals surface area (Å²) in [6.07, 6.45) is 0.226. The second kappa shape index (κ2) is 7.29. The molecule has 1 aliphatic heterocycles. The van der Waals surface area contributed by atoms with Crippen LogP contribution in [0.25, 0.3) is 0 Å². The number of amides is 4. The first-order valence-corrected chi connectivity index (χ1v) is 7.57. The highest BCUT2D eigenvalue weighted by Gasteiger charge is 2.51. The molecule has 1 aromatic carbocycles. The van der Waals surface area contributed by atoms with Crippen molar-refractivity contribution in [3.05, 3.63) is 35.6 Å². The van der Waals surface area contributed by atoms with E-state index in [1.807, 2.05) is 0 Å². The fourth-order valence-corrected chi connectivity index (χ4v) is 2.59. The summed E-state index contributed by atoms with van der Waals surface area (Å²) >= 11 is 0. The number of hydrogen-bond acceptors (Lipinski definition) is 5. The Morgan fingerprint density at radius 1 is 1.28 bits per heavy atom. The smallest absolute Gasteiger partial charge is 0.325 e. The number of methoxy groups -OCH3 is 1. The zero-order chi connectivity index (χ0) is 18.6. The topological polar surface area (TPSA) is 105 Å². The minimum absolute atomic E-state index is 0.226. The molecule has 2 N–H and O–H groups in total. The first kappa shape index (κ1) is 18.4. The summed E-state index contributed by atoms with van der Waals surface area (Å²) < 4.78 is 17.5. The molecule has 0 aromatic heterocycles. The Morgan fingerprint density at radius 2 is 1.92 bits per heavy atom. The molecule has 1 aliphatic rings. The summed E-state index contributed by atoms with van der Waals surface area (Å²) in [6, 6.07) is 4.48. The van der Waals surface area contributed by atoms with Crippen LogP contribution in [0.1, 0.15) is 18.9 Å². The second-order valence-corrected chi connectivity index (χ2v) is 5.44. The summed E-state index contributed by atoms with van der Waals surface area (Å²) in [5.41, 5.74) is -0.930. The molecule has 0 bridgehead atoms. The Balaban J connectivity index is 2.16. The molecular formula is C16H18FN3O5. The Hall–Kier alpha value is -2.97. The van der Waals surface area contributed by atoms with Crippen molar-refractivity contribution in [3.8, 4) is 0 Å². The van der Waals surface area contributed by atoms with E-state index in [1.165, 1.54) is 31.4 Å². The van der Waals surface area contributed by atoms with Gasteiger partial charge in [0.25, 0.3) is 5.91 Å². The predicted octanol–water partition coefficient (Wildman–Crippen LogP) is 0.272. The molecule has 1 saturated heterocycles. The molecule has 9 heteroatoms. The number of imide groups is 1. The summed E-state index contributed by atoms with van der Waals surface area (Å²) in [7, 11) is 1.17. The largest absolute Gasteiger partial charge is 0.468 e. The van der Waals surface area contributed by atoms with E-state index >= 15 is 0 Å². The van der Waals surface area contributed by atoms with Crippen molar-refractivity contribution in [2.45, 2.75) is 18.9 Å². The van der Waals surface area contributed by atoms with Gasteiger partial charge in [-0.2, -0.15) is 0 Å². The van der Waals surface area contributed by atoms with Gasteiger partial charge in [-0.25, -0.2) is 9.18 Å². The lowest BCUT2D eigenvalue weighted by molar-refractivity contribution is -0.141. The van der Waals surface area contributed by atoms with E-state index in [4.69, 9.17) is 0 Å². The average molecular weight is 351 g/mol. The number of urea groups is 1.